The highest BCUT2D eigenvalue weighted by Crippen LogP contribution is 2.47. The molecular weight excluding hydrogens is 1490 g/mol. The predicted octanol–water partition coefficient (Wildman–Crippen LogP) is 20.8. The summed E-state index contributed by atoms with van der Waals surface area (Å²) in [5, 5.41) is 16.7. The average Bonchev–Trinajstić information content (AvgIpc) is 0.726. The van der Waals surface area contributed by atoms with Gasteiger partial charge in [-0.15, -0.1) is 25.2 Å². The van der Waals surface area contributed by atoms with Gasteiger partial charge in [-0.05, 0) is 119 Å². The van der Waals surface area contributed by atoms with Crippen molar-refractivity contribution in [2.24, 2.45) is 11.8 Å². The fraction of sp³-hybridized carbons (Fsp3) is 0.253. The third kappa shape index (κ3) is 19.3. The monoisotopic (exact) mass is 1590 g/mol. The maximum atomic E-state index is 13.4. The van der Waals surface area contributed by atoms with Crippen LogP contribution in [0.3, 0.4) is 0 Å². The molecule has 12 aromatic rings. The minimum atomic E-state index is -2.29. The number of pyridine rings is 3. The molecule has 3 amide bonds. The number of hydrogen-bond acceptors (Lipinski definition) is 10. The first-order valence-electron chi connectivity index (χ1n) is 37.6. The topological polar surface area (TPSA) is 173 Å². The summed E-state index contributed by atoms with van der Waals surface area (Å²) in [6, 6.07) is 83.7. The van der Waals surface area contributed by atoms with Crippen LogP contribution in [0.25, 0.3) is 66.5 Å². The molecule has 2 N–H and O–H groups in total. The van der Waals surface area contributed by atoms with Crippen molar-refractivity contribution in [1.29, 1.82) is 0 Å². The number of carboxylic acids is 1. The van der Waals surface area contributed by atoms with E-state index in [2.05, 4.69) is 193 Å². The maximum absolute atomic E-state index is 13.4. The Labute approximate surface area is 670 Å². The molecule has 3 aromatic heterocycles. The SMILES string of the molecule is BrCc1ccc(OCc2cc(-c3ccccc3)nc3ccccc23)cc1.C#C.C#CC.CC(C)(C)[Si](C)(C)N1C(=O)[C@H](Cc2ccc(OCc3cc(-c4ccccc4)nc4ccccc34)cc2)[C@H]1C(=O)O.CNC(=O)[C@@H]1[C@@H](Cc2ccc(OCc3cc(-c4ccccc4)nc4ccccc34)cc2)C(=O)N1[Si](C)(C)C(C)(C)C. The van der Waals surface area contributed by atoms with Crippen LogP contribution in [0.1, 0.15) is 81.8 Å². The number of nitrogens with one attached hydrogen (secondary N) is 1. The zero-order valence-electron chi connectivity index (χ0n) is 66.0. The quantitative estimate of drug-likeness (QED) is 0.0303. The number of nitrogens with zero attached hydrogens (tertiary/aromatic N) is 5. The van der Waals surface area contributed by atoms with E-state index in [-0.39, 0.29) is 33.7 Å². The van der Waals surface area contributed by atoms with Crippen molar-refractivity contribution in [3.05, 3.63) is 288 Å². The highest BCUT2D eigenvalue weighted by Gasteiger charge is 2.61. The molecule has 2 fully saturated rings. The van der Waals surface area contributed by atoms with Crippen molar-refractivity contribution < 1.29 is 38.5 Å². The van der Waals surface area contributed by atoms with E-state index in [0.717, 1.165) is 111 Å². The molecule has 572 valence electrons. The molecule has 0 bridgehead atoms. The fourth-order valence-electron chi connectivity index (χ4n) is 13.7. The van der Waals surface area contributed by atoms with Crippen LogP contribution in [-0.2, 0) is 57.2 Å². The third-order valence-corrected chi connectivity index (χ3v) is 33.1. The molecule has 9 aromatic carbocycles. The average molecular weight is 1590 g/mol. The molecule has 0 radical (unpaired) electrons. The minimum Gasteiger partial charge on any atom is -0.489 e. The van der Waals surface area contributed by atoms with Gasteiger partial charge in [0.05, 0.1) is 45.5 Å². The van der Waals surface area contributed by atoms with Gasteiger partial charge in [-0.3, -0.25) is 14.4 Å². The number of halogens is 1. The number of carboxylic acid groups (broad SMARTS) is 1. The first-order chi connectivity index (χ1) is 53.7. The lowest BCUT2D eigenvalue weighted by Crippen LogP contribution is -2.76. The number of likely N-dealkylation sites (N-methyl/N-ethyl adjacent to an activating group) is 1. The van der Waals surface area contributed by atoms with Gasteiger partial charge in [0.15, 0.2) is 16.5 Å². The van der Waals surface area contributed by atoms with Gasteiger partial charge in [0.1, 0.15) is 49.2 Å². The molecule has 0 saturated carbocycles. The minimum absolute atomic E-state index is 0.0408. The summed E-state index contributed by atoms with van der Waals surface area (Å²) in [6.07, 6.45) is 13.5. The van der Waals surface area contributed by atoms with Crippen LogP contribution in [0.5, 0.6) is 17.2 Å². The van der Waals surface area contributed by atoms with E-state index in [1.54, 1.807) is 18.5 Å². The highest BCUT2D eigenvalue weighted by atomic mass is 79.9. The maximum Gasteiger partial charge on any atom is 0.326 e. The number of rotatable bonds is 21. The third-order valence-electron chi connectivity index (χ3n) is 21.7. The molecule has 14 rings (SSSR count). The van der Waals surface area contributed by atoms with E-state index in [1.807, 2.05) is 180 Å². The second-order valence-electron chi connectivity index (χ2n) is 30.9. The van der Waals surface area contributed by atoms with Crippen molar-refractivity contribution >= 4 is 88.8 Å². The Morgan fingerprint density at radius 3 is 1.03 bits per heavy atom. The standard InChI is InChI=1S/C34H39N3O3Si.C33H36N2O4Si.C23H18BrNO.C3H4.C2H2/c1-34(2,3)41(5,6)37-31(32(38)35-4)28(33(37)39)20-23-16-18-26(19-17-23)40-22-25-21-30(24-12-8-7-9-13-24)36-29-15-11-10-14-27(25)29;1-33(2,3)40(4,5)35-30(32(37)38)27(31(35)36)19-22-15-17-25(18-16-22)39-21-24-20-29(23-11-7-6-8-12-23)34-28-14-10-9-13-26(24)28;24-15-17-10-12-20(13-11-17)26-16-19-14-23(18-6-2-1-3-7-18)25-22-9-5-4-8-21(19)22;1-3-2;1-2/h7-19,21,28,31H,20,22H2,1-6H3,(H,35,38);6-18,20,27,30H,19,21H2,1-5H3,(H,37,38);1-14H,15-16H2;1H,2H3;1-2H/t28-,31+;27-,30+;;;/m11.../s1. The normalized spacial score (nSPS) is 15.2. The van der Waals surface area contributed by atoms with E-state index in [0.29, 0.717) is 38.4 Å². The lowest BCUT2D eigenvalue weighted by Gasteiger charge is -2.57. The van der Waals surface area contributed by atoms with Crippen molar-refractivity contribution in [2.75, 3.05) is 7.05 Å². The number of aromatic nitrogens is 3. The van der Waals surface area contributed by atoms with Crippen LogP contribution < -0.4 is 19.5 Å². The number of carbonyl (C=O) groups excluding carboxylic acids is 3. The van der Waals surface area contributed by atoms with Crippen LogP contribution in [0.4, 0.5) is 0 Å². The smallest absolute Gasteiger partial charge is 0.326 e. The van der Waals surface area contributed by atoms with Gasteiger partial charge in [-0.2, -0.15) is 0 Å². The van der Waals surface area contributed by atoms with Crippen LogP contribution in [0.2, 0.25) is 36.3 Å². The first kappa shape index (κ1) is 83.0. The highest BCUT2D eigenvalue weighted by molar-refractivity contribution is 9.08. The molecule has 17 heteroatoms. The second-order valence-corrected chi connectivity index (χ2v) is 41.6. The van der Waals surface area contributed by atoms with Gasteiger partial charge in [0.25, 0.3) is 0 Å². The number of fused-ring (bicyclic) bond motifs is 3. The summed E-state index contributed by atoms with van der Waals surface area (Å²) in [4.78, 5) is 66.2. The van der Waals surface area contributed by atoms with Crippen molar-refractivity contribution in [1.82, 2.24) is 29.4 Å². The lowest BCUT2D eigenvalue weighted by molar-refractivity contribution is -0.163. The summed E-state index contributed by atoms with van der Waals surface area (Å²) in [6.45, 7) is 24.2. The first-order valence-corrected chi connectivity index (χ1v) is 44.6. The lowest BCUT2D eigenvalue weighted by atomic mass is 9.84. The molecule has 2 aliphatic heterocycles. The van der Waals surface area contributed by atoms with Gasteiger partial charge < -0.3 is 33.8 Å². The van der Waals surface area contributed by atoms with Gasteiger partial charge in [-0.1, -0.05) is 266 Å². The van der Waals surface area contributed by atoms with Crippen molar-refractivity contribution in [3.8, 4) is 76.2 Å². The number of carbonyl (C=O) groups is 4. The van der Waals surface area contributed by atoms with E-state index in [4.69, 9.17) is 29.2 Å². The summed E-state index contributed by atoms with van der Waals surface area (Å²) in [5.41, 5.74) is 15.3. The summed E-state index contributed by atoms with van der Waals surface area (Å²) < 4.78 is 22.1. The van der Waals surface area contributed by atoms with E-state index < -0.39 is 40.4 Å². The number of amides is 3. The van der Waals surface area contributed by atoms with Gasteiger partial charge in [0.2, 0.25) is 17.7 Å². The zero-order chi connectivity index (χ0) is 80.5. The number of benzene rings is 9. The van der Waals surface area contributed by atoms with Gasteiger partial charge in [0, 0.05) is 61.9 Å². The van der Waals surface area contributed by atoms with Crippen LogP contribution in [0.15, 0.2) is 255 Å². The van der Waals surface area contributed by atoms with Gasteiger partial charge in [-0.25, -0.2) is 19.7 Å². The molecule has 0 aliphatic carbocycles. The predicted molar refractivity (Wildman–Crippen MR) is 463 cm³/mol. The Balaban J connectivity index is 0.000000177. The van der Waals surface area contributed by atoms with E-state index >= 15 is 0 Å². The number of ether oxygens (including phenoxy) is 3. The molecule has 2 saturated heterocycles. The number of β-lactam (4-membered cyclic amide) rings is 2. The van der Waals surface area contributed by atoms with Crippen molar-refractivity contribution in [3.63, 3.8) is 0 Å². The Hall–Kier alpha value is -11.5. The van der Waals surface area contributed by atoms with E-state index in [1.165, 1.54) is 5.56 Å². The zero-order valence-corrected chi connectivity index (χ0v) is 69.5. The molecule has 112 heavy (non-hydrogen) atoms. The number of hydrogen-bond donors (Lipinski definition) is 2. The number of para-hydroxylation sites is 3. The Bertz CT molecular complexity index is 5300. The van der Waals surface area contributed by atoms with Crippen LogP contribution in [0, 0.1) is 37.0 Å². The molecule has 5 heterocycles. The Morgan fingerprint density at radius 2 is 0.741 bits per heavy atom. The second kappa shape index (κ2) is 37.0. The molecular formula is C95H99BrN6O8Si2. The summed E-state index contributed by atoms with van der Waals surface area (Å²) >= 11 is 3.47. The number of aliphatic carboxylic acids is 1. The largest absolute Gasteiger partial charge is 0.489 e. The van der Waals surface area contributed by atoms with Crippen LogP contribution in [-0.4, -0.2) is 88.5 Å². The molecule has 2 aliphatic rings. The Kier molecular flexibility index (Phi) is 27.4. The van der Waals surface area contributed by atoms with Crippen LogP contribution >= 0.6 is 15.9 Å². The molecule has 0 unspecified atom stereocenters. The molecule has 4 atom stereocenters. The summed E-state index contributed by atoms with van der Waals surface area (Å²) in [7, 11) is -2.83. The molecule has 14 nitrogen and oxygen atoms in total. The van der Waals surface area contributed by atoms with E-state index in [9.17, 15) is 24.3 Å². The van der Waals surface area contributed by atoms with Crippen molar-refractivity contribution in [2.45, 2.75) is 135 Å². The number of alkyl halides is 1. The number of terminal acetylenes is 2. The molecule has 0 spiro atoms. The van der Waals surface area contributed by atoms with Gasteiger partial charge >= 0.3 is 5.97 Å². The Morgan fingerprint density at radius 1 is 0.464 bits per heavy atom. The summed E-state index contributed by atoms with van der Waals surface area (Å²) in [5.74, 6) is 2.73. The fourth-order valence-corrected chi connectivity index (χ4v) is 18.9.